The molecule has 1 aromatic heterocycles. The summed E-state index contributed by atoms with van der Waals surface area (Å²) in [5.74, 6) is 1.14. The number of hydrogen-bond acceptors (Lipinski definition) is 2. The summed E-state index contributed by atoms with van der Waals surface area (Å²) in [6.07, 6.45) is 3.79. The molecule has 20 heavy (non-hydrogen) atoms. The van der Waals surface area contributed by atoms with E-state index in [1.807, 2.05) is 24.5 Å². The lowest BCUT2D eigenvalue weighted by molar-refractivity contribution is 0.584. The van der Waals surface area contributed by atoms with E-state index in [2.05, 4.69) is 50.7 Å². The summed E-state index contributed by atoms with van der Waals surface area (Å²) in [5.41, 5.74) is 3.31. The van der Waals surface area contributed by atoms with Gasteiger partial charge < -0.3 is 0 Å². The molecule has 0 fully saturated rings. The fourth-order valence-electron chi connectivity index (χ4n) is 2.00. The number of benzene rings is 1. The average molecular weight is 289 g/mol. The Morgan fingerprint density at radius 2 is 1.65 bits per heavy atom. The number of hydrogen-bond donors (Lipinski definition) is 0. The van der Waals surface area contributed by atoms with Crippen LogP contribution in [0.2, 0.25) is 5.02 Å². The van der Waals surface area contributed by atoms with Crippen LogP contribution in [-0.4, -0.2) is 9.97 Å². The van der Waals surface area contributed by atoms with Crippen molar-refractivity contribution >= 4 is 11.6 Å². The van der Waals surface area contributed by atoms with E-state index < -0.39 is 0 Å². The van der Waals surface area contributed by atoms with E-state index in [1.165, 1.54) is 0 Å². The molecule has 0 aliphatic carbocycles. The summed E-state index contributed by atoms with van der Waals surface area (Å²) >= 11 is 6.32. The van der Waals surface area contributed by atoms with E-state index in [1.54, 1.807) is 0 Å². The highest BCUT2D eigenvalue weighted by atomic mass is 35.5. The van der Waals surface area contributed by atoms with E-state index in [4.69, 9.17) is 11.6 Å². The molecule has 2 rings (SSSR count). The minimum Gasteiger partial charge on any atom is -0.236 e. The van der Waals surface area contributed by atoms with Crippen LogP contribution in [-0.2, 0) is 5.41 Å². The summed E-state index contributed by atoms with van der Waals surface area (Å²) in [6, 6.07) is 6.04. The van der Waals surface area contributed by atoms with Crippen LogP contribution in [0.4, 0.5) is 0 Å². The van der Waals surface area contributed by atoms with Gasteiger partial charge in [-0.2, -0.15) is 0 Å². The molecule has 0 radical (unpaired) electrons. The molecule has 0 bridgehead atoms. The number of halogens is 1. The highest BCUT2D eigenvalue weighted by Crippen LogP contribution is 2.29. The van der Waals surface area contributed by atoms with Crippen LogP contribution < -0.4 is 0 Å². The first kappa shape index (κ1) is 15.0. The fourth-order valence-corrected chi connectivity index (χ4v) is 2.40. The molecule has 0 spiro atoms. The quantitative estimate of drug-likeness (QED) is 0.757. The van der Waals surface area contributed by atoms with Crippen LogP contribution in [0.15, 0.2) is 30.6 Å². The Bertz CT molecular complexity index is 595. The van der Waals surface area contributed by atoms with E-state index in [-0.39, 0.29) is 5.41 Å². The minimum atomic E-state index is 0.0671. The summed E-state index contributed by atoms with van der Waals surface area (Å²) < 4.78 is 0. The van der Waals surface area contributed by atoms with Crippen LogP contribution in [0, 0.1) is 0 Å². The monoisotopic (exact) mass is 288 g/mol. The van der Waals surface area contributed by atoms with Gasteiger partial charge in [-0.3, -0.25) is 0 Å². The van der Waals surface area contributed by atoms with Gasteiger partial charge in [0.15, 0.2) is 5.82 Å². The highest BCUT2D eigenvalue weighted by molar-refractivity contribution is 6.31. The first-order valence-electron chi connectivity index (χ1n) is 6.91. The van der Waals surface area contributed by atoms with Gasteiger partial charge in [-0.1, -0.05) is 58.4 Å². The molecule has 0 N–H and O–H groups in total. The lowest BCUT2D eigenvalue weighted by Crippen LogP contribution is -2.12. The van der Waals surface area contributed by atoms with Crippen molar-refractivity contribution in [3.63, 3.8) is 0 Å². The van der Waals surface area contributed by atoms with Crippen LogP contribution >= 0.6 is 11.6 Å². The van der Waals surface area contributed by atoms with Gasteiger partial charge in [0.25, 0.3) is 0 Å². The van der Waals surface area contributed by atoms with Gasteiger partial charge in [0.1, 0.15) is 0 Å². The van der Waals surface area contributed by atoms with Crippen molar-refractivity contribution in [2.24, 2.45) is 0 Å². The van der Waals surface area contributed by atoms with Crippen LogP contribution in [0.5, 0.6) is 0 Å². The topological polar surface area (TPSA) is 25.8 Å². The number of rotatable bonds is 2. The molecule has 2 nitrogen and oxygen atoms in total. The Morgan fingerprint density at radius 1 is 1.05 bits per heavy atom. The van der Waals surface area contributed by atoms with Gasteiger partial charge in [-0.25, -0.2) is 9.97 Å². The molecule has 1 heterocycles. The molecule has 0 aliphatic rings. The van der Waals surface area contributed by atoms with Crippen LogP contribution in [0.25, 0.3) is 11.4 Å². The maximum absolute atomic E-state index is 6.32. The van der Waals surface area contributed by atoms with Crippen molar-refractivity contribution in [2.75, 3.05) is 0 Å². The largest absolute Gasteiger partial charge is 0.236 e. The number of nitrogens with zero attached hydrogens (tertiary/aromatic N) is 2. The molecule has 0 amide bonds. The smallest absolute Gasteiger partial charge is 0.159 e. The molecule has 3 heteroatoms. The predicted octanol–water partition coefficient (Wildman–Crippen LogP) is 5.22. The average Bonchev–Trinajstić information content (AvgIpc) is 2.37. The van der Waals surface area contributed by atoms with Crippen molar-refractivity contribution in [1.29, 1.82) is 0 Å². The molecular formula is C17H21ClN2. The Morgan fingerprint density at radius 3 is 2.10 bits per heavy atom. The molecule has 106 valence electrons. The van der Waals surface area contributed by atoms with Gasteiger partial charge in [-0.15, -0.1) is 0 Å². The van der Waals surface area contributed by atoms with Crippen LogP contribution in [0.3, 0.4) is 0 Å². The molecule has 2 aromatic rings. The molecule has 0 atom stereocenters. The Kier molecular flexibility index (Phi) is 4.14. The molecule has 0 unspecified atom stereocenters. The third-order valence-corrected chi connectivity index (χ3v) is 3.73. The SMILES string of the molecule is CC(C)c1ccc(-c2ncc(C(C)(C)C)cn2)cc1Cl. The summed E-state index contributed by atoms with van der Waals surface area (Å²) in [5, 5.41) is 0.779. The van der Waals surface area contributed by atoms with E-state index in [0.717, 1.165) is 27.5 Å². The summed E-state index contributed by atoms with van der Waals surface area (Å²) in [7, 11) is 0. The maximum atomic E-state index is 6.32. The summed E-state index contributed by atoms with van der Waals surface area (Å²) in [4.78, 5) is 8.92. The van der Waals surface area contributed by atoms with Crippen molar-refractivity contribution in [1.82, 2.24) is 9.97 Å². The Hall–Kier alpha value is -1.41. The lowest BCUT2D eigenvalue weighted by Gasteiger charge is -2.17. The predicted molar refractivity (Wildman–Crippen MR) is 85.3 cm³/mol. The van der Waals surface area contributed by atoms with Crippen molar-refractivity contribution < 1.29 is 0 Å². The normalized spacial score (nSPS) is 11.9. The van der Waals surface area contributed by atoms with Gasteiger partial charge in [-0.05, 0) is 28.5 Å². The zero-order valence-corrected chi connectivity index (χ0v) is 13.5. The lowest BCUT2D eigenvalue weighted by atomic mass is 9.89. The molecule has 0 aliphatic heterocycles. The molecular weight excluding hydrogens is 268 g/mol. The standard InChI is InChI=1S/C17H21ClN2/c1-11(2)14-7-6-12(8-15(14)18)16-19-9-13(10-20-16)17(3,4)5/h6-11H,1-5H3. The van der Waals surface area contributed by atoms with E-state index in [0.29, 0.717) is 5.92 Å². The first-order chi connectivity index (χ1) is 9.29. The third-order valence-electron chi connectivity index (χ3n) is 3.40. The summed E-state index contributed by atoms with van der Waals surface area (Å²) in [6.45, 7) is 10.7. The van der Waals surface area contributed by atoms with Crippen molar-refractivity contribution in [3.05, 3.63) is 46.7 Å². The highest BCUT2D eigenvalue weighted by Gasteiger charge is 2.15. The van der Waals surface area contributed by atoms with Crippen molar-refractivity contribution in [2.45, 2.75) is 46.0 Å². The van der Waals surface area contributed by atoms with Crippen LogP contribution in [0.1, 0.15) is 51.7 Å². The second-order valence-electron chi connectivity index (χ2n) is 6.44. The minimum absolute atomic E-state index is 0.0671. The Balaban J connectivity index is 2.35. The first-order valence-corrected chi connectivity index (χ1v) is 7.29. The molecule has 0 saturated carbocycles. The molecule has 0 saturated heterocycles. The van der Waals surface area contributed by atoms with Gasteiger partial charge >= 0.3 is 0 Å². The zero-order valence-electron chi connectivity index (χ0n) is 12.7. The number of aromatic nitrogens is 2. The Labute approximate surface area is 126 Å². The van der Waals surface area contributed by atoms with Gasteiger partial charge in [0, 0.05) is 23.0 Å². The van der Waals surface area contributed by atoms with E-state index in [9.17, 15) is 0 Å². The van der Waals surface area contributed by atoms with E-state index >= 15 is 0 Å². The second kappa shape index (κ2) is 5.53. The third kappa shape index (κ3) is 3.18. The molecule has 1 aromatic carbocycles. The van der Waals surface area contributed by atoms with Crippen molar-refractivity contribution in [3.8, 4) is 11.4 Å². The van der Waals surface area contributed by atoms with Gasteiger partial charge in [0.05, 0.1) is 0 Å². The maximum Gasteiger partial charge on any atom is 0.159 e. The van der Waals surface area contributed by atoms with Gasteiger partial charge in [0.2, 0.25) is 0 Å². The fraction of sp³-hybridized carbons (Fsp3) is 0.412. The second-order valence-corrected chi connectivity index (χ2v) is 6.84. The zero-order chi connectivity index (χ0) is 14.9.